The fraction of sp³-hybridized carbons (Fsp3) is 0.208. The number of sulfonamides is 1. The molecule has 0 aromatic heterocycles. The monoisotopic (exact) mass is 454 g/mol. The molecule has 3 rings (SSSR count). The third kappa shape index (κ3) is 5.87. The zero-order valence-corrected chi connectivity index (χ0v) is 19.0. The van der Waals surface area contributed by atoms with Gasteiger partial charge < -0.3 is 14.8 Å². The highest BCUT2D eigenvalue weighted by atomic mass is 32.2. The van der Waals surface area contributed by atoms with E-state index >= 15 is 0 Å². The summed E-state index contributed by atoms with van der Waals surface area (Å²) in [5.41, 5.74) is 3.41. The minimum atomic E-state index is -3.75. The van der Waals surface area contributed by atoms with E-state index in [-0.39, 0.29) is 10.8 Å². The molecule has 2 N–H and O–H groups in total. The van der Waals surface area contributed by atoms with E-state index in [1.54, 1.807) is 55.6 Å². The van der Waals surface area contributed by atoms with Gasteiger partial charge in [-0.25, -0.2) is 8.42 Å². The molecular formula is C24H26N2O5S. The maximum absolute atomic E-state index is 12.7. The lowest BCUT2D eigenvalue weighted by Gasteiger charge is -2.12. The number of nitrogens with one attached hydrogen (secondary N) is 2. The van der Waals surface area contributed by atoms with Crippen LogP contribution in [0.4, 0.5) is 11.4 Å². The van der Waals surface area contributed by atoms with Crippen molar-refractivity contribution < 1.29 is 22.7 Å². The van der Waals surface area contributed by atoms with Crippen LogP contribution in [0.15, 0.2) is 71.6 Å². The molecule has 0 saturated carbocycles. The number of methoxy groups -OCH3 is 1. The Bertz CT molecular complexity index is 1190. The maximum Gasteiger partial charge on any atom is 0.261 e. The predicted molar refractivity (Wildman–Crippen MR) is 125 cm³/mol. The smallest absolute Gasteiger partial charge is 0.261 e. The molecule has 3 aromatic rings. The molecule has 0 saturated heterocycles. The minimum absolute atomic E-state index is 0.0945. The first-order valence-electron chi connectivity index (χ1n) is 10.0. The average molecular weight is 455 g/mol. The largest absolute Gasteiger partial charge is 0.490 e. The summed E-state index contributed by atoms with van der Waals surface area (Å²) in [6, 6.07) is 18.2. The second-order valence-corrected chi connectivity index (χ2v) is 8.90. The van der Waals surface area contributed by atoms with E-state index in [2.05, 4.69) is 10.0 Å². The Kier molecular flexibility index (Phi) is 7.50. The van der Waals surface area contributed by atoms with Crippen molar-refractivity contribution in [2.75, 3.05) is 30.4 Å². The lowest BCUT2D eigenvalue weighted by molar-refractivity contribution is 0.101. The minimum Gasteiger partial charge on any atom is -0.490 e. The lowest BCUT2D eigenvalue weighted by Crippen LogP contribution is -2.15. The fourth-order valence-electron chi connectivity index (χ4n) is 2.95. The van der Waals surface area contributed by atoms with Crippen molar-refractivity contribution in [2.24, 2.45) is 0 Å². The molecule has 0 bridgehead atoms. The van der Waals surface area contributed by atoms with E-state index in [1.165, 1.54) is 12.1 Å². The molecule has 3 aromatic carbocycles. The van der Waals surface area contributed by atoms with Crippen molar-refractivity contribution in [1.82, 2.24) is 0 Å². The highest BCUT2D eigenvalue weighted by Crippen LogP contribution is 2.22. The number of carbonyl (C=O) groups excluding carboxylic acids is 1. The standard InChI is InChI=1S/C24H26N2O5S/c1-17-8-9-20(16-18(17)2)26-32(28,29)21-12-10-19(11-13-21)25-24(27)22-6-4-5-7-23(22)31-15-14-30-3/h4-13,16,26H,14-15H2,1-3H3,(H,25,27). The van der Waals surface area contributed by atoms with E-state index < -0.39 is 10.0 Å². The van der Waals surface area contributed by atoms with Crippen LogP contribution in [0.3, 0.4) is 0 Å². The van der Waals surface area contributed by atoms with Crippen LogP contribution in [0.25, 0.3) is 0 Å². The van der Waals surface area contributed by atoms with Crippen LogP contribution in [0.2, 0.25) is 0 Å². The third-order valence-electron chi connectivity index (χ3n) is 4.86. The quantitative estimate of drug-likeness (QED) is 0.468. The fourth-order valence-corrected chi connectivity index (χ4v) is 4.00. The van der Waals surface area contributed by atoms with Crippen LogP contribution in [0, 0.1) is 13.8 Å². The summed E-state index contributed by atoms with van der Waals surface area (Å²) in [6.45, 7) is 4.61. The molecule has 1 amide bonds. The summed E-state index contributed by atoms with van der Waals surface area (Å²) >= 11 is 0. The van der Waals surface area contributed by atoms with E-state index in [1.807, 2.05) is 19.9 Å². The summed E-state index contributed by atoms with van der Waals surface area (Å²) < 4.78 is 38.5. The Morgan fingerprint density at radius 2 is 1.56 bits per heavy atom. The van der Waals surface area contributed by atoms with Crippen molar-refractivity contribution in [1.29, 1.82) is 0 Å². The molecule has 0 atom stereocenters. The summed E-state index contributed by atoms with van der Waals surface area (Å²) in [7, 11) is -2.18. The van der Waals surface area contributed by atoms with Crippen molar-refractivity contribution in [2.45, 2.75) is 18.7 Å². The van der Waals surface area contributed by atoms with Gasteiger partial charge in [-0.3, -0.25) is 9.52 Å². The van der Waals surface area contributed by atoms with Crippen LogP contribution >= 0.6 is 0 Å². The summed E-state index contributed by atoms with van der Waals surface area (Å²) in [6.07, 6.45) is 0. The summed E-state index contributed by atoms with van der Waals surface area (Å²) in [5, 5.41) is 2.77. The molecule has 0 aliphatic carbocycles. The SMILES string of the molecule is COCCOc1ccccc1C(=O)Nc1ccc(S(=O)(=O)Nc2ccc(C)c(C)c2)cc1. The molecule has 0 heterocycles. The second-order valence-electron chi connectivity index (χ2n) is 7.22. The van der Waals surface area contributed by atoms with Gasteiger partial charge in [0.1, 0.15) is 12.4 Å². The van der Waals surface area contributed by atoms with Crippen LogP contribution < -0.4 is 14.8 Å². The topological polar surface area (TPSA) is 93.7 Å². The molecular weight excluding hydrogens is 428 g/mol. The van der Waals surface area contributed by atoms with Gasteiger partial charge in [0, 0.05) is 18.5 Å². The Labute approximate surface area is 188 Å². The molecule has 168 valence electrons. The van der Waals surface area contributed by atoms with Gasteiger partial charge in [0.05, 0.1) is 17.1 Å². The van der Waals surface area contributed by atoms with E-state index in [0.29, 0.717) is 35.9 Å². The lowest BCUT2D eigenvalue weighted by atomic mass is 10.1. The molecule has 32 heavy (non-hydrogen) atoms. The summed E-state index contributed by atoms with van der Waals surface area (Å²) in [5.74, 6) is 0.0840. The van der Waals surface area contributed by atoms with Gasteiger partial charge in [-0.15, -0.1) is 0 Å². The van der Waals surface area contributed by atoms with Crippen LogP contribution in [-0.2, 0) is 14.8 Å². The van der Waals surface area contributed by atoms with E-state index in [0.717, 1.165) is 11.1 Å². The number of hydrogen-bond donors (Lipinski definition) is 2. The Balaban J connectivity index is 1.70. The Hall–Kier alpha value is -3.36. The normalized spacial score (nSPS) is 11.1. The Morgan fingerprint density at radius 3 is 2.25 bits per heavy atom. The number of hydrogen-bond acceptors (Lipinski definition) is 5. The number of benzene rings is 3. The third-order valence-corrected chi connectivity index (χ3v) is 6.26. The first-order chi connectivity index (χ1) is 15.3. The molecule has 0 unspecified atom stereocenters. The first-order valence-corrected chi connectivity index (χ1v) is 11.5. The van der Waals surface area contributed by atoms with Crippen molar-refractivity contribution in [3.63, 3.8) is 0 Å². The van der Waals surface area contributed by atoms with Gasteiger partial charge in [-0.2, -0.15) is 0 Å². The molecule has 0 aliphatic rings. The van der Waals surface area contributed by atoms with Crippen LogP contribution in [0.5, 0.6) is 5.75 Å². The number of anilines is 2. The van der Waals surface area contributed by atoms with Crippen molar-refractivity contribution in [3.05, 3.63) is 83.4 Å². The number of amides is 1. The number of rotatable bonds is 9. The molecule has 0 aliphatic heterocycles. The van der Waals surface area contributed by atoms with Gasteiger partial charge in [0.2, 0.25) is 0 Å². The predicted octanol–water partition coefficient (Wildman–Crippen LogP) is 4.38. The van der Waals surface area contributed by atoms with Gasteiger partial charge in [0.15, 0.2) is 0 Å². The van der Waals surface area contributed by atoms with Crippen LogP contribution in [0.1, 0.15) is 21.5 Å². The highest BCUT2D eigenvalue weighted by Gasteiger charge is 2.16. The van der Waals surface area contributed by atoms with Gasteiger partial charge in [-0.05, 0) is 73.5 Å². The zero-order valence-electron chi connectivity index (χ0n) is 18.2. The van der Waals surface area contributed by atoms with Crippen molar-refractivity contribution in [3.8, 4) is 5.75 Å². The molecule has 7 nitrogen and oxygen atoms in total. The number of aryl methyl sites for hydroxylation is 2. The van der Waals surface area contributed by atoms with Crippen LogP contribution in [-0.4, -0.2) is 34.6 Å². The average Bonchev–Trinajstić information content (AvgIpc) is 2.77. The summed E-state index contributed by atoms with van der Waals surface area (Å²) in [4.78, 5) is 12.8. The van der Waals surface area contributed by atoms with Crippen molar-refractivity contribution >= 4 is 27.3 Å². The van der Waals surface area contributed by atoms with E-state index in [4.69, 9.17) is 9.47 Å². The highest BCUT2D eigenvalue weighted by molar-refractivity contribution is 7.92. The maximum atomic E-state index is 12.7. The van der Waals surface area contributed by atoms with Gasteiger partial charge in [-0.1, -0.05) is 18.2 Å². The van der Waals surface area contributed by atoms with E-state index in [9.17, 15) is 13.2 Å². The zero-order chi connectivity index (χ0) is 23.1. The molecule has 8 heteroatoms. The Morgan fingerprint density at radius 1 is 0.875 bits per heavy atom. The van der Waals surface area contributed by atoms with Gasteiger partial charge >= 0.3 is 0 Å². The number of carbonyl (C=O) groups is 1. The van der Waals surface area contributed by atoms with Gasteiger partial charge in [0.25, 0.3) is 15.9 Å². The first kappa shape index (κ1) is 23.3. The number of ether oxygens (including phenoxy) is 2. The molecule has 0 spiro atoms. The molecule has 0 radical (unpaired) electrons. The molecule has 0 fully saturated rings. The second kappa shape index (κ2) is 10.3. The number of para-hydroxylation sites is 1.